The highest BCUT2D eigenvalue weighted by Crippen LogP contribution is 2.48. The van der Waals surface area contributed by atoms with Crippen LogP contribution in [0.1, 0.15) is 58.8 Å². The molecule has 2 rings (SSSR count). The zero-order chi connectivity index (χ0) is 20.0. The average molecular weight is 374 g/mol. The minimum Gasteiger partial charge on any atom is -0.478 e. The molecule has 5 atom stereocenters. The lowest BCUT2D eigenvalue weighted by Gasteiger charge is -2.44. The van der Waals surface area contributed by atoms with Crippen LogP contribution >= 0.6 is 0 Å². The Labute approximate surface area is 164 Å². The van der Waals surface area contributed by atoms with Gasteiger partial charge in [-0.3, -0.25) is 4.79 Å². The van der Waals surface area contributed by atoms with Crippen LogP contribution in [0.15, 0.2) is 49.3 Å². The molecule has 0 aromatic heterocycles. The van der Waals surface area contributed by atoms with Gasteiger partial charge < -0.3 is 15.2 Å². The first kappa shape index (κ1) is 21.5. The monoisotopic (exact) mass is 373 g/mol. The SMILES string of the molecule is C=CCCCCCC/C=C/C(=C)O[C@]12CC(O)C(=C)C(C)C1[C@H](C)NC2=O. The lowest BCUT2D eigenvalue weighted by Crippen LogP contribution is -2.54. The molecule has 0 aromatic rings. The molecule has 0 aromatic carbocycles. The molecule has 2 N–H and O–H groups in total. The summed E-state index contributed by atoms with van der Waals surface area (Å²) in [4.78, 5) is 12.7. The Morgan fingerprint density at radius 3 is 2.63 bits per heavy atom. The Morgan fingerprint density at radius 1 is 1.30 bits per heavy atom. The Bertz CT molecular complexity index is 609. The Morgan fingerprint density at radius 2 is 1.96 bits per heavy atom. The second-order valence-electron chi connectivity index (χ2n) is 8.01. The average Bonchev–Trinajstić information content (AvgIpc) is 2.85. The summed E-state index contributed by atoms with van der Waals surface area (Å²) in [6.07, 6.45) is 12.2. The molecule has 4 heteroatoms. The molecule has 0 bridgehead atoms. The van der Waals surface area contributed by atoms with Crippen molar-refractivity contribution < 1.29 is 14.6 Å². The Hall–Kier alpha value is -1.81. The second-order valence-corrected chi connectivity index (χ2v) is 8.01. The number of allylic oxidation sites excluding steroid dienone is 3. The first-order valence-electron chi connectivity index (χ1n) is 10.2. The van der Waals surface area contributed by atoms with Gasteiger partial charge in [0.05, 0.1) is 6.10 Å². The highest BCUT2D eigenvalue weighted by atomic mass is 16.5. The summed E-state index contributed by atoms with van der Waals surface area (Å²) in [5.41, 5.74) is -0.286. The number of unbranched alkanes of at least 4 members (excludes halogenated alkanes) is 5. The van der Waals surface area contributed by atoms with Crippen LogP contribution in [-0.4, -0.2) is 28.8 Å². The molecule has 0 spiro atoms. The first-order chi connectivity index (χ1) is 12.8. The number of fused-ring (bicyclic) bond motifs is 1. The molecule has 3 unspecified atom stereocenters. The lowest BCUT2D eigenvalue weighted by atomic mass is 9.65. The number of aliphatic hydroxyl groups excluding tert-OH is 1. The molecular weight excluding hydrogens is 338 g/mol. The van der Waals surface area contributed by atoms with E-state index in [0.717, 1.165) is 24.8 Å². The van der Waals surface area contributed by atoms with Gasteiger partial charge in [-0.25, -0.2) is 0 Å². The van der Waals surface area contributed by atoms with Gasteiger partial charge in [-0.15, -0.1) is 6.58 Å². The van der Waals surface area contributed by atoms with Gasteiger partial charge in [0.1, 0.15) is 5.76 Å². The van der Waals surface area contributed by atoms with E-state index in [1.54, 1.807) is 0 Å². The van der Waals surface area contributed by atoms with Gasteiger partial charge in [-0.1, -0.05) is 45.1 Å². The Kier molecular flexibility index (Phi) is 7.49. The van der Waals surface area contributed by atoms with E-state index in [-0.39, 0.29) is 30.2 Å². The minimum absolute atomic E-state index is 0.00459. The van der Waals surface area contributed by atoms with Crippen molar-refractivity contribution in [3.63, 3.8) is 0 Å². The molecule has 27 heavy (non-hydrogen) atoms. The van der Waals surface area contributed by atoms with E-state index < -0.39 is 11.7 Å². The molecule has 2 fully saturated rings. The van der Waals surface area contributed by atoms with Crippen LogP contribution in [0.4, 0.5) is 0 Å². The summed E-state index contributed by atoms with van der Waals surface area (Å²) in [6, 6.07) is -0.0240. The van der Waals surface area contributed by atoms with Crippen molar-refractivity contribution in [2.75, 3.05) is 0 Å². The molecule has 1 heterocycles. The molecule has 4 nitrogen and oxygen atoms in total. The number of aliphatic hydroxyl groups is 1. The summed E-state index contributed by atoms with van der Waals surface area (Å²) < 4.78 is 6.13. The smallest absolute Gasteiger partial charge is 0.264 e. The van der Waals surface area contributed by atoms with E-state index >= 15 is 0 Å². The van der Waals surface area contributed by atoms with E-state index in [2.05, 4.69) is 31.1 Å². The van der Waals surface area contributed by atoms with Gasteiger partial charge in [0.15, 0.2) is 5.60 Å². The molecule has 1 saturated heterocycles. The van der Waals surface area contributed by atoms with Crippen LogP contribution in [0.25, 0.3) is 0 Å². The quantitative estimate of drug-likeness (QED) is 0.258. The second kappa shape index (κ2) is 9.41. The summed E-state index contributed by atoms with van der Waals surface area (Å²) in [5.74, 6) is 0.254. The minimum atomic E-state index is -1.06. The third kappa shape index (κ3) is 4.73. The van der Waals surface area contributed by atoms with Crippen LogP contribution in [0.2, 0.25) is 0 Å². The van der Waals surface area contributed by atoms with Crippen molar-refractivity contribution in [2.24, 2.45) is 11.8 Å². The largest absolute Gasteiger partial charge is 0.478 e. The van der Waals surface area contributed by atoms with Crippen molar-refractivity contribution in [3.05, 3.63) is 49.3 Å². The maximum absolute atomic E-state index is 12.7. The maximum Gasteiger partial charge on any atom is 0.264 e. The number of hydrogen-bond acceptors (Lipinski definition) is 3. The fourth-order valence-corrected chi connectivity index (χ4v) is 4.54. The molecular formula is C23H35NO3. The predicted octanol–water partition coefficient (Wildman–Crippen LogP) is 4.43. The normalized spacial score (nSPS) is 33.0. The van der Waals surface area contributed by atoms with E-state index in [4.69, 9.17) is 4.74 Å². The third-order valence-electron chi connectivity index (χ3n) is 6.01. The van der Waals surface area contributed by atoms with Crippen LogP contribution in [0.5, 0.6) is 0 Å². The lowest BCUT2D eigenvalue weighted by molar-refractivity contribution is -0.149. The third-order valence-corrected chi connectivity index (χ3v) is 6.01. The zero-order valence-electron chi connectivity index (χ0n) is 16.9. The summed E-state index contributed by atoms with van der Waals surface area (Å²) in [5, 5.41) is 13.4. The molecule has 2 aliphatic rings. The van der Waals surface area contributed by atoms with Gasteiger partial charge in [0.25, 0.3) is 5.91 Å². The van der Waals surface area contributed by atoms with Crippen LogP contribution in [0, 0.1) is 11.8 Å². The van der Waals surface area contributed by atoms with Crippen molar-refractivity contribution in [1.29, 1.82) is 0 Å². The molecule has 150 valence electrons. The van der Waals surface area contributed by atoms with E-state index in [9.17, 15) is 9.90 Å². The van der Waals surface area contributed by atoms with Crippen LogP contribution in [-0.2, 0) is 9.53 Å². The predicted molar refractivity (Wildman–Crippen MR) is 110 cm³/mol. The van der Waals surface area contributed by atoms with Crippen molar-refractivity contribution >= 4 is 5.91 Å². The number of ether oxygens (including phenoxy) is 1. The molecule has 1 aliphatic heterocycles. The number of nitrogens with one attached hydrogen (secondary N) is 1. The number of carbonyl (C=O) groups is 1. The first-order valence-corrected chi connectivity index (χ1v) is 10.2. The number of amides is 1. The van der Waals surface area contributed by atoms with Crippen molar-refractivity contribution in [3.8, 4) is 0 Å². The molecule has 0 radical (unpaired) electrons. The summed E-state index contributed by atoms with van der Waals surface area (Å²) in [7, 11) is 0. The summed E-state index contributed by atoms with van der Waals surface area (Å²) in [6.45, 7) is 15.7. The maximum atomic E-state index is 12.7. The summed E-state index contributed by atoms with van der Waals surface area (Å²) >= 11 is 0. The van der Waals surface area contributed by atoms with Gasteiger partial charge in [-0.2, -0.15) is 0 Å². The van der Waals surface area contributed by atoms with Gasteiger partial charge >= 0.3 is 0 Å². The Balaban J connectivity index is 1.94. The molecule has 1 amide bonds. The van der Waals surface area contributed by atoms with E-state index in [1.807, 2.05) is 26.0 Å². The fourth-order valence-electron chi connectivity index (χ4n) is 4.54. The van der Waals surface area contributed by atoms with Crippen LogP contribution in [0.3, 0.4) is 0 Å². The standard InChI is InChI=1S/C23H35NO3/c1-6-7-8-9-10-11-12-13-14-16(2)27-23-15-20(25)17(3)18(4)21(23)19(5)24-22(23)26/h6,13-14,18-21,25H,1-3,7-12,15H2,4-5H3,(H,24,26)/b14-13+/t18?,19-,20?,21?,23+/m0/s1. The highest BCUT2D eigenvalue weighted by molar-refractivity contribution is 5.89. The molecule has 1 saturated carbocycles. The zero-order valence-corrected chi connectivity index (χ0v) is 16.9. The topological polar surface area (TPSA) is 58.6 Å². The van der Waals surface area contributed by atoms with Crippen LogP contribution < -0.4 is 5.32 Å². The number of carbonyl (C=O) groups excluding carboxylic acids is 1. The van der Waals surface area contributed by atoms with Crippen molar-refractivity contribution in [1.82, 2.24) is 5.32 Å². The van der Waals surface area contributed by atoms with Gasteiger partial charge in [-0.05, 0) is 50.2 Å². The van der Waals surface area contributed by atoms with Gasteiger partial charge in [0, 0.05) is 18.4 Å². The fraction of sp³-hybridized carbons (Fsp3) is 0.609. The van der Waals surface area contributed by atoms with E-state index in [0.29, 0.717) is 5.76 Å². The number of rotatable bonds is 10. The highest BCUT2D eigenvalue weighted by Gasteiger charge is 2.62. The number of hydrogen-bond donors (Lipinski definition) is 2. The van der Waals surface area contributed by atoms with Crippen molar-refractivity contribution in [2.45, 2.75) is 76.5 Å². The molecule has 1 aliphatic carbocycles. The van der Waals surface area contributed by atoms with Gasteiger partial charge in [0.2, 0.25) is 0 Å². The van der Waals surface area contributed by atoms with E-state index in [1.165, 1.54) is 19.3 Å².